The molecular weight excluding hydrogens is 658 g/mol. The number of fused-ring (bicyclic) bond motifs is 2. The standard InChI is InChI=1S/C39H47N9O4/c1-27-10-12-28(13-11-27)47-37(24-34(43-47)39(2,3)4)48(51-26-49)38(50)40-32-15-16-33(31-9-7-6-8-30(31)32)52-29-14-17-35-41-42-36(46(35)25-29)18-19-45-22-20-44(5)21-23-45/h6-14,17,24-26,32-33H,15-16,18-23H2,1-5H3,(H,40,50)/t32-,33+/m0/s1. The fourth-order valence-electron chi connectivity index (χ4n) is 6.89. The number of rotatable bonds is 10. The Hall–Kier alpha value is -5.27. The molecule has 0 saturated carbocycles. The van der Waals surface area contributed by atoms with Gasteiger partial charge in [0.25, 0.3) is 0 Å². The topological polar surface area (TPSA) is 122 Å². The highest BCUT2D eigenvalue weighted by molar-refractivity contribution is 5.90. The van der Waals surface area contributed by atoms with E-state index in [1.165, 1.54) is 0 Å². The quantitative estimate of drug-likeness (QED) is 0.147. The van der Waals surface area contributed by atoms with Gasteiger partial charge in [-0.3, -0.25) is 9.20 Å². The van der Waals surface area contributed by atoms with Crippen molar-refractivity contribution in [2.75, 3.05) is 44.8 Å². The van der Waals surface area contributed by atoms with Gasteiger partial charge in [-0.05, 0) is 62.2 Å². The van der Waals surface area contributed by atoms with E-state index in [0.29, 0.717) is 18.7 Å². The minimum atomic E-state index is -0.581. The van der Waals surface area contributed by atoms with Crippen LogP contribution in [0.4, 0.5) is 10.6 Å². The van der Waals surface area contributed by atoms with Crippen LogP contribution >= 0.6 is 0 Å². The second-order valence-corrected chi connectivity index (χ2v) is 14.8. The number of urea groups is 1. The number of nitrogens with one attached hydrogen (secondary N) is 1. The van der Waals surface area contributed by atoms with Gasteiger partial charge in [-0.1, -0.05) is 62.7 Å². The van der Waals surface area contributed by atoms with Gasteiger partial charge in [0.05, 0.1) is 23.6 Å². The number of anilines is 1. The number of hydroxylamine groups is 1. The first-order valence-electron chi connectivity index (χ1n) is 18.0. The molecule has 0 spiro atoms. The van der Waals surface area contributed by atoms with Gasteiger partial charge in [0.1, 0.15) is 17.7 Å². The molecule has 2 aromatic carbocycles. The first-order valence-corrected chi connectivity index (χ1v) is 18.0. The second kappa shape index (κ2) is 14.8. The molecule has 1 saturated heterocycles. The highest BCUT2D eigenvalue weighted by Crippen LogP contribution is 2.39. The smallest absolute Gasteiger partial charge is 0.357 e. The summed E-state index contributed by atoms with van der Waals surface area (Å²) in [4.78, 5) is 36.0. The Kier molecular flexibility index (Phi) is 9.98. The van der Waals surface area contributed by atoms with Crippen LogP contribution < -0.4 is 15.1 Å². The number of hydrogen-bond donors (Lipinski definition) is 1. The molecule has 1 aliphatic heterocycles. The van der Waals surface area contributed by atoms with Gasteiger partial charge in [-0.2, -0.15) is 5.10 Å². The number of aryl methyl sites for hydroxylation is 1. The molecule has 0 bridgehead atoms. The number of amides is 2. The summed E-state index contributed by atoms with van der Waals surface area (Å²) in [6.07, 6.45) is 3.81. The Bertz CT molecular complexity index is 2030. The van der Waals surface area contributed by atoms with Crippen LogP contribution in [-0.4, -0.2) is 86.5 Å². The van der Waals surface area contributed by atoms with Crippen molar-refractivity contribution in [2.45, 2.75) is 64.5 Å². The van der Waals surface area contributed by atoms with Crippen molar-refractivity contribution < 1.29 is 19.2 Å². The molecule has 3 aromatic heterocycles. The number of piperazine rings is 1. The van der Waals surface area contributed by atoms with Crippen molar-refractivity contribution >= 4 is 24.0 Å². The van der Waals surface area contributed by atoms with Gasteiger partial charge < -0.3 is 24.7 Å². The molecule has 0 radical (unpaired) electrons. The molecule has 13 heteroatoms. The van der Waals surface area contributed by atoms with E-state index in [4.69, 9.17) is 14.7 Å². The zero-order valence-corrected chi connectivity index (χ0v) is 30.5. The Morgan fingerprint density at radius 3 is 2.46 bits per heavy atom. The minimum Gasteiger partial charge on any atom is -0.484 e. The molecule has 0 unspecified atom stereocenters. The van der Waals surface area contributed by atoms with E-state index >= 15 is 0 Å². The molecule has 2 atom stereocenters. The van der Waals surface area contributed by atoms with Crippen molar-refractivity contribution in [3.05, 3.63) is 101 Å². The highest BCUT2D eigenvalue weighted by Gasteiger charge is 2.33. The first kappa shape index (κ1) is 35.1. The minimum absolute atomic E-state index is 0.230. The van der Waals surface area contributed by atoms with Crippen LogP contribution in [0.15, 0.2) is 72.9 Å². The third kappa shape index (κ3) is 7.51. The third-order valence-electron chi connectivity index (χ3n) is 9.98. The van der Waals surface area contributed by atoms with E-state index < -0.39 is 6.03 Å². The van der Waals surface area contributed by atoms with Crippen molar-refractivity contribution in [1.29, 1.82) is 0 Å². The maximum Gasteiger partial charge on any atom is 0.357 e. The summed E-state index contributed by atoms with van der Waals surface area (Å²) in [7, 11) is 2.16. The summed E-state index contributed by atoms with van der Waals surface area (Å²) >= 11 is 0. The lowest BCUT2D eigenvalue weighted by molar-refractivity contribution is -0.129. The molecule has 1 N–H and O–H groups in total. The lowest BCUT2D eigenvalue weighted by atomic mass is 9.85. The summed E-state index contributed by atoms with van der Waals surface area (Å²) in [5, 5.41) is 17.8. The van der Waals surface area contributed by atoms with E-state index in [1.54, 1.807) is 10.7 Å². The maximum absolute atomic E-state index is 14.0. The SMILES string of the molecule is Cc1ccc(-n2nc(C(C)(C)C)cc2N(OC=O)C(=O)N[C@H]2CC[C@@H](Oc3ccc4nnc(CCN5CCN(C)CC5)n4c3)c3ccccc32)cc1. The molecule has 2 amide bonds. The van der Waals surface area contributed by atoms with Crippen LogP contribution in [0.3, 0.4) is 0 Å². The van der Waals surface area contributed by atoms with E-state index in [0.717, 1.165) is 89.5 Å². The van der Waals surface area contributed by atoms with Crippen molar-refractivity contribution in [3.63, 3.8) is 0 Å². The summed E-state index contributed by atoms with van der Waals surface area (Å²) in [5.41, 5.74) is 4.96. The predicted molar refractivity (Wildman–Crippen MR) is 198 cm³/mol. The summed E-state index contributed by atoms with van der Waals surface area (Å²) < 4.78 is 10.3. The molecule has 13 nitrogen and oxygen atoms in total. The number of hydrogen-bond acceptors (Lipinski definition) is 9. The van der Waals surface area contributed by atoms with Crippen LogP contribution in [0.2, 0.25) is 0 Å². The number of benzene rings is 2. The number of carbonyl (C=O) groups is 2. The van der Waals surface area contributed by atoms with Gasteiger partial charge in [-0.25, -0.2) is 9.48 Å². The van der Waals surface area contributed by atoms with Gasteiger partial charge >= 0.3 is 12.5 Å². The number of nitrogens with zero attached hydrogens (tertiary/aromatic N) is 8. The van der Waals surface area contributed by atoms with Crippen molar-refractivity contribution in [1.82, 2.24) is 39.5 Å². The fraction of sp³-hybridized carbons (Fsp3) is 0.410. The molecule has 272 valence electrons. The number of carbonyl (C=O) groups excluding carboxylic acids is 2. The van der Waals surface area contributed by atoms with E-state index in [2.05, 4.69) is 32.4 Å². The summed E-state index contributed by atoms with van der Waals surface area (Å²) in [6.45, 7) is 13.6. The lowest BCUT2D eigenvalue weighted by Crippen LogP contribution is -2.45. The maximum atomic E-state index is 14.0. The molecule has 7 rings (SSSR count). The normalized spacial score (nSPS) is 18.2. The average molecular weight is 706 g/mol. The third-order valence-corrected chi connectivity index (χ3v) is 9.98. The van der Waals surface area contributed by atoms with Crippen LogP contribution in [0, 0.1) is 6.92 Å². The Morgan fingerprint density at radius 2 is 1.73 bits per heavy atom. The summed E-state index contributed by atoms with van der Waals surface area (Å²) in [5.74, 6) is 1.95. The van der Waals surface area contributed by atoms with Crippen LogP contribution in [0.1, 0.15) is 74.0 Å². The van der Waals surface area contributed by atoms with Gasteiger partial charge in [-0.15, -0.1) is 15.3 Å². The molecule has 2 aliphatic rings. The van der Waals surface area contributed by atoms with Crippen LogP contribution in [0.25, 0.3) is 11.3 Å². The van der Waals surface area contributed by atoms with E-state index in [1.807, 2.05) is 99.0 Å². The average Bonchev–Trinajstić information content (AvgIpc) is 3.77. The number of likely N-dealkylation sites (N-methyl/N-ethyl adjacent to an activating group) is 1. The number of aromatic nitrogens is 5. The highest BCUT2D eigenvalue weighted by atomic mass is 16.7. The van der Waals surface area contributed by atoms with Gasteiger partial charge in [0.2, 0.25) is 0 Å². The van der Waals surface area contributed by atoms with Crippen molar-refractivity contribution in [2.24, 2.45) is 0 Å². The molecule has 52 heavy (non-hydrogen) atoms. The zero-order valence-electron chi connectivity index (χ0n) is 30.5. The van der Waals surface area contributed by atoms with E-state index in [-0.39, 0.29) is 24.0 Å². The lowest BCUT2D eigenvalue weighted by Gasteiger charge is -2.33. The van der Waals surface area contributed by atoms with E-state index in [9.17, 15) is 9.59 Å². The number of ether oxygens (including phenoxy) is 1. The largest absolute Gasteiger partial charge is 0.484 e. The van der Waals surface area contributed by atoms with Crippen LogP contribution in [0.5, 0.6) is 5.75 Å². The number of pyridine rings is 1. The van der Waals surface area contributed by atoms with Gasteiger partial charge in [0, 0.05) is 50.6 Å². The zero-order chi connectivity index (χ0) is 36.4. The molecule has 4 heterocycles. The molecule has 1 aliphatic carbocycles. The fourth-order valence-corrected chi connectivity index (χ4v) is 6.89. The Balaban J connectivity index is 1.09. The second-order valence-electron chi connectivity index (χ2n) is 14.8. The Morgan fingerprint density at radius 1 is 0.981 bits per heavy atom. The Labute approximate surface area is 304 Å². The first-order chi connectivity index (χ1) is 25.1. The molecule has 1 fully saturated rings. The molecular formula is C39H47N9O4. The monoisotopic (exact) mass is 705 g/mol. The van der Waals surface area contributed by atoms with Crippen LogP contribution in [-0.2, 0) is 21.5 Å². The predicted octanol–water partition coefficient (Wildman–Crippen LogP) is 5.57. The summed E-state index contributed by atoms with van der Waals surface area (Å²) in [6, 6.07) is 20.5. The molecule has 5 aromatic rings. The van der Waals surface area contributed by atoms with Crippen molar-refractivity contribution in [3.8, 4) is 11.4 Å². The van der Waals surface area contributed by atoms with Gasteiger partial charge in [0.15, 0.2) is 11.5 Å².